The molecule has 0 saturated heterocycles. The summed E-state index contributed by atoms with van der Waals surface area (Å²) in [4.78, 5) is 23.0. The molecule has 0 fully saturated rings. The van der Waals surface area contributed by atoms with Gasteiger partial charge in [-0.2, -0.15) is 0 Å². The highest BCUT2D eigenvalue weighted by atomic mass is 16.5. The van der Waals surface area contributed by atoms with E-state index >= 15 is 0 Å². The molecular formula is C25H24O6. The van der Waals surface area contributed by atoms with E-state index < -0.39 is 18.0 Å². The Labute approximate surface area is 181 Å². The van der Waals surface area contributed by atoms with Crippen LogP contribution in [0.4, 0.5) is 0 Å². The zero-order chi connectivity index (χ0) is 22.2. The van der Waals surface area contributed by atoms with Crippen LogP contribution in [0, 0.1) is 6.92 Å². The third kappa shape index (κ3) is 6.34. The first-order valence-corrected chi connectivity index (χ1v) is 9.84. The van der Waals surface area contributed by atoms with Gasteiger partial charge in [-0.1, -0.05) is 42.0 Å². The zero-order valence-electron chi connectivity index (χ0n) is 17.4. The van der Waals surface area contributed by atoms with Crippen molar-refractivity contribution >= 4 is 11.9 Å². The molecule has 0 aliphatic carbocycles. The van der Waals surface area contributed by atoms with Crippen molar-refractivity contribution in [3.63, 3.8) is 0 Å². The molecule has 0 heterocycles. The van der Waals surface area contributed by atoms with Crippen LogP contribution < -0.4 is 9.47 Å². The van der Waals surface area contributed by atoms with Gasteiger partial charge in [0.2, 0.25) is 0 Å². The van der Waals surface area contributed by atoms with E-state index in [-0.39, 0.29) is 12.8 Å². The van der Waals surface area contributed by atoms with Gasteiger partial charge < -0.3 is 19.3 Å². The van der Waals surface area contributed by atoms with Crippen LogP contribution in [0.2, 0.25) is 0 Å². The van der Waals surface area contributed by atoms with Gasteiger partial charge in [0.05, 0.1) is 20.0 Å². The summed E-state index contributed by atoms with van der Waals surface area (Å²) >= 11 is 0. The number of aryl methyl sites for hydroxylation is 1. The molecule has 31 heavy (non-hydrogen) atoms. The summed E-state index contributed by atoms with van der Waals surface area (Å²) in [6.45, 7) is 2.01. The lowest BCUT2D eigenvalue weighted by atomic mass is 10.0. The van der Waals surface area contributed by atoms with Crippen LogP contribution in [0.3, 0.4) is 0 Å². The number of carboxylic acids is 1. The molecule has 6 heteroatoms. The van der Waals surface area contributed by atoms with Crippen LogP contribution in [-0.2, 0) is 14.3 Å². The first kappa shape index (κ1) is 21.9. The Hall–Kier alpha value is -3.80. The smallest absolute Gasteiger partial charge is 0.307 e. The Morgan fingerprint density at radius 1 is 0.774 bits per heavy atom. The quantitative estimate of drug-likeness (QED) is 0.474. The van der Waals surface area contributed by atoms with Gasteiger partial charge in [-0.15, -0.1) is 0 Å². The van der Waals surface area contributed by atoms with Crippen molar-refractivity contribution in [3.05, 3.63) is 89.5 Å². The first-order valence-electron chi connectivity index (χ1n) is 9.84. The molecule has 3 aromatic rings. The molecule has 0 saturated carbocycles. The molecule has 1 N–H and O–H groups in total. The van der Waals surface area contributed by atoms with Gasteiger partial charge >= 0.3 is 11.9 Å². The monoisotopic (exact) mass is 420 g/mol. The van der Waals surface area contributed by atoms with Crippen molar-refractivity contribution in [2.45, 2.75) is 25.9 Å². The highest BCUT2D eigenvalue weighted by molar-refractivity contribution is 5.76. The van der Waals surface area contributed by atoms with Crippen molar-refractivity contribution < 1.29 is 28.9 Å². The predicted molar refractivity (Wildman–Crippen MR) is 115 cm³/mol. The standard InChI is InChI=1S/C25H24O6/c1-17-3-9-21(10-4-17)30-22-13-7-19(8-14-22)25(31-24(28)16-15-23(26)27)18-5-11-20(29-2)12-6-18/h3-14,25H,15-16H2,1-2H3,(H,26,27). The third-order valence-corrected chi connectivity index (χ3v) is 4.65. The molecule has 6 nitrogen and oxygen atoms in total. The Bertz CT molecular complexity index is 1010. The van der Waals surface area contributed by atoms with Crippen LogP contribution >= 0.6 is 0 Å². The second kappa shape index (κ2) is 10.3. The maximum atomic E-state index is 12.2. The van der Waals surface area contributed by atoms with Crippen molar-refractivity contribution in [2.24, 2.45) is 0 Å². The highest BCUT2D eigenvalue weighted by Gasteiger charge is 2.20. The molecule has 0 aromatic heterocycles. The molecular weight excluding hydrogens is 396 g/mol. The van der Waals surface area contributed by atoms with E-state index in [0.29, 0.717) is 11.5 Å². The van der Waals surface area contributed by atoms with Crippen LogP contribution in [0.5, 0.6) is 17.2 Å². The Morgan fingerprint density at radius 3 is 1.74 bits per heavy atom. The number of ether oxygens (including phenoxy) is 3. The van der Waals surface area contributed by atoms with E-state index in [4.69, 9.17) is 19.3 Å². The zero-order valence-corrected chi connectivity index (χ0v) is 17.4. The first-order chi connectivity index (χ1) is 14.9. The summed E-state index contributed by atoms with van der Waals surface area (Å²) in [5, 5.41) is 8.82. The molecule has 3 rings (SSSR count). The molecule has 1 unspecified atom stereocenters. The second-order valence-electron chi connectivity index (χ2n) is 7.02. The van der Waals surface area contributed by atoms with E-state index in [1.807, 2.05) is 55.5 Å². The second-order valence-corrected chi connectivity index (χ2v) is 7.02. The molecule has 0 bridgehead atoms. The van der Waals surface area contributed by atoms with Crippen molar-refractivity contribution in [3.8, 4) is 17.2 Å². The van der Waals surface area contributed by atoms with Gasteiger partial charge in [0.25, 0.3) is 0 Å². The fraction of sp³-hybridized carbons (Fsp3) is 0.200. The molecule has 1 atom stereocenters. The molecule has 0 aliphatic heterocycles. The lowest BCUT2D eigenvalue weighted by Gasteiger charge is -2.19. The SMILES string of the molecule is COc1ccc(C(OC(=O)CCC(=O)O)c2ccc(Oc3ccc(C)cc3)cc2)cc1. The predicted octanol–water partition coefficient (Wildman–Crippen LogP) is 5.29. The number of carbonyl (C=O) groups is 2. The number of rotatable bonds is 9. The number of aliphatic carboxylic acids is 1. The Balaban J connectivity index is 1.80. The van der Waals surface area contributed by atoms with E-state index in [0.717, 1.165) is 22.4 Å². The van der Waals surface area contributed by atoms with E-state index in [1.54, 1.807) is 31.4 Å². The van der Waals surface area contributed by atoms with E-state index in [1.165, 1.54) is 0 Å². The van der Waals surface area contributed by atoms with Gasteiger partial charge in [-0.25, -0.2) is 0 Å². The summed E-state index contributed by atoms with van der Waals surface area (Å²) < 4.78 is 16.7. The number of hydrogen-bond donors (Lipinski definition) is 1. The average Bonchev–Trinajstić information content (AvgIpc) is 2.78. The van der Waals surface area contributed by atoms with Crippen molar-refractivity contribution in [1.82, 2.24) is 0 Å². The lowest BCUT2D eigenvalue weighted by molar-refractivity contribution is -0.150. The highest BCUT2D eigenvalue weighted by Crippen LogP contribution is 2.30. The molecule has 0 spiro atoms. The summed E-state index contributed by atoms with van der Waals surface area (Å²) in [6.07, 6.45) is -1.16. The fourth-order valence-corrected chi connectivity index (χ4v) is 2.96. The minimum Gasteiger partial charge on any atom is -0.497 e. The summed E-state index contributed by atoms with van der Waals surface area (Å²) in [5.74, 6) is 0.434. The molecule has 0 radical (unpaired) electrons. The number of carboxylic acid groups (broad SMARTS) is 1. The van der Waals surface area contributed by atoms with Crippen LogP contribution in [0.1, 0.15) is 35.6 Å². The number of carbonyl (C=O) groups excluding carboxylic acids is 1. The lowest BCUT2D eigenvalue weighted by Crippen LogP contribution is -2.14. The number of hydrogen-bond acceptors (Lipinski definition) is 5. The summed E-state index contributed by atoms with van der Waals surface area (Å²) in [6, 6.07) is 22.2. The van der Waals surface area contributed by atoms with Crippen LogP contribution in [-0.4, -0.2) is 24.2 Å². The van der Waals surface area contributed by atoms with Crippen LogP contribution in [0.25, 0.3) is 0 Å². The Kier molecular flexibility index (Phi) is 7.27. The minimum absolute atomic E-state index is 0.198. The summed E-state index contributed by atoms with van der Waals surface area (Å²) in [7, 11) is 1.57. The largest absolute Gasteiger partial charge is 0.497 e. The van der Waals surface area contributed by atoms with Gasteiger partial charge in [-0.3, -0.25) is 9.59 Å². The minimum atomic E-state index is -1.05. The number of benzene rings is 3. The summed E-state index contributed by atoms with van der Waals surface area (Å²) in [5.41, 5.74) is 2.64. The maximum Gasteiger partial charge on any atom is 0.307 e. The van der Waals surface area contributed by atoms with E-state index in [2.05, 4.69) is 0 Å². The topological polar surface area (TPSA) is 82.1 Å². The molecule has 3 aromatic carbocycles. The molecule has 0 aliphatic rings. The van der Waals surface area contributed by atoms with Crippen molar-refractivity contribution in [1.29, 1.82) is 0 Å². The van der Waals surface area contributed by atoms with Gasteiger partial charge in [0.15, 0.2) is 6.10 Å². The molecule has 0 amide bonds. The maximum absolute atomic E-state index is 12.2. The number of esters is 1. The normalized spacial score (nSPS) is 11.4. The van der Waals surface area contributed by atoms with Gasteiger partial charge in [-0.05, 0) is 54.4 Å². The average molecular weight is 420 g/mol. The van der Waals surface area contributed by atoms with Crippen molar-refractivity contribution in [2.75, 3.05) is 7.11 Å². The third-order valence-electron chi connectivity index (χ3n) is 4.65. The number of methoxy groups -OCH3 is 1. The van der Waals surface area contributed by atoms with E-state index in [9.17, 15) is 9.59 Å². The Morgan fingerprint density at radius 2 is 1.26 bits per heavy atom. The van der Waals surface area contributed by atoms with Crippen LogP contribution in [0.15, 0.2) is 72.8 Å². The molecule has 160 valence electrons. The van der Waals surface area contributed by atoms with Gasteiger partial charge in [0, 0.05) is 0 Å². The van der Waals surface area contributed by atoms with Gasteiger partial charge in [0.1, 0.15) is 17.2 Å². The fourth-order valence-electron chi connectivity index (χ4n) is 2.96.